The number of amides is 1. The Morgan fingerprint density at radius 1 is 1.31 bits per heavy atom. The van der Waals surface area contributed by atoms with Crippen molar-refractivity contribution in [2.75, 3.05) is 0 Å². The Morgan fingerprint density at radius 2 is 1.88 bits per heavy atom. The van der Waals surface area contributed by atoms with E-state index >= 15 is 0 Å². The van der Waals surface area contributed by atoms with Crippen molar-refractivity contribution in [2.45, 2.75) is 51.9 Å². The van der Waals surface area contributed by atoms with Gasteiger partial charge in [-0.05, 0) is 25.2 Å². The molecule has 0 heterocycles. The van der Waals surface area contributed by atoms with Crippen molar-refractivity contribution >= 4 is 11.9 Å². The van der Waals surface area contributed by atoms with Crippen LogP contribution in [0.5, 0.6) is 0 Å². The third kappa shape index (κ3) is 2.54. The van der Waals surface area contributed by atoms with Crippen LogP contribution in [-0.2, 0) is 9.59 Å². The third-order valence-corrected chi connectivity index (χ3v) is 3.93. The molecule has 4 nitrogen and oxygen atoms in total. The van der Waals surface area contributed by atoms with Crippen LogP contribution >= 0.6 is 0 Å². The lowest BCUT2D eigenvalue weighted by molar-refractivity contribution is -0.157. The highest BCUT2D eigenvalue weighted by molar-refractivity contribution is 5.84. The Hall–Kier alpha value is -1.06. The lowest BCUT2D eigenvalue weighted by atomic mass is 9.65. The molecule has 0 radical (unpaired) electrons. The first kappa shape index (κ1) is 13.0. The summed E-state index contributed by atoms with van der Waals surface area (Å²) < 4.78 is 0. The van der Waals surface area contributed by atoms with E-state index in [0.29, 0.717) is 6.42 Å². The quantitative estimate of drug-likeness (QED) is 0.753. The molecule has 1 unspecified atom stereocenters. The summed E-state index contributed by atoms with van der Waals surface area (Å²) in [4.78, 5) is 22.6. The summed E-state index contributed by atoms with van der Waals surface area (Å²) >= 11 is 0. The van der Waals surface area contributed by atoms with E-state index in [2.05, 4.69) is 0 Å². The molecule has 1 aliphatic rings. The Labute approximate surface area is 96.2 Å². The molecule has 0 bridgehead atoms. The summed E-state index contributed by atoms with van der Waals surface area (Å²) in [5.41, 5.74) is 4.27. The molecule has 1 aliphatic carbocycles. The minimum Gasteiger partial charge on any atom is -0.481 e. The number of hydrogen-bond acceptors (Lipinski definition) is 2. The van der Waals surface area contributed by atoms with Gasteiger partial charge in [0.1, 0.15) is 0 Å². The minimum atomic E-state index is -0.924. The van der Waals surface area contributed by atoms with Crippen molar-refractivity contribution in [2.24, 2.45) is 17.1 Å². The summed E-state index contributed by atoms with van der Waals surface area (Å²) in [7, 11) is 0. The molecule has 1 rings (SSSR count). The van der Waals surface area contributed by atoms with Gasteiger partial charge < -0.3 is 10.8 Å². The molecule has 3 N–H and O–H groups in total. The van der Waals surface area contributed by atoms with Gasteiger partial charge >= 0.3 is 5.97 Å². The van der Waals surface area contributed by atoms with E-state index in [1.54, 1.807) is 0 Å². The third-order valence-electron chi connectivity index (χ3n) is 3.93. The summed E-state index contributed by atoms with van der Waals surface area (Å²) in [5, 5.41) is 9.42. The smallest absolute Gasteiger partial charge is 0.310 e. The van der Waals surface area contributed by atoms with Crippen LogP contribution in [-0.4, -0.2) is 17.0 Å². The fraction of sp³-hybridized carbons (Fsp3) is 0.833. The number of aliphatic carboxylic acids is 1. The van der Waals surface area contributed by atoms with Gasteiger partial charge in [-0.1, -0.05) is 26.2 Å². The van der Waals surface area contributed by atoms with Gasteiger partial charge in [-0.2, -0.15) is 0 Å². The lowest BCUT2D eigenvalue weighted by Gasteiger charge is -2.38. The molecule has 92 valence electrons. The molecular formula is C12H21NO3. The predicted molar refractivity (Wildman–Crippen MR) is 60.7 cm³/mol. The van der Waals surface area contributed by atoms with Crippen molar-refractivity contribution in [3.63, 3.8) is 0 Å². The first-order valence-electron chi connectivity index (χ1n) is 6.04. The average Bonchev–Trinajstić information content (AvgIpc) is 2.26. The number of primary amides is 1. The second kappa shape index (κ2) is 5.32. The fourth-order valence-electron chi connectivity index (χ4n) is 2.93. The highest BCUT2D eigenvalue weighted by Crippen LogP contribution is 2.43. The first-order chi connectivity index (χ1) is 7.53. The summed E-state index contributed by atoms with van der Waals surface area (Å²) in [6.45, 7) is 1.84. The van der Waals surface area contributed by atoms with Gasteiger partial charge in [0.05, 0.1) is 5.41 Å². The number of carbonyl (C=O) groups excluding carboxylic acids is 1. The molecule has 0 aromatic heterocycles. The zero-order chi connectivity index (χ0) is 12.2. The van der Waals surface area contributed by atoms with Crippen LogP contribution in [0.2, 0.25) is 0 Å². The maximum atomic E-state index is 11.5. The molecular weight excluding hydrogens is 206 g/mol. The molecule has 1 atom stereocenters. The molecule has 0 aliphatic heterocycles. The number of carboxylic acid groups (broad SMARTS) is 1. The number of nitrogens with two attached hydrogens (primary N) is 1. The van der Waals surface area contributed by atoms with Crippen LogP contribution in [0.25, 0.3) is 0 Å². The fourth-order valence-corrected chi connectivity index (χ4v) is 2.93. The van der Waals surface area contributed by atoms with Gasteiger partial charge in [0.2, 0.25) is 5.91 Å². The Bertz CT molecular complexity index is 271. The SMILES string of the molecule is CCC(CC(N)=O)(C(=O)O)C1CCCCC1. The van der Waals surface area contributed by atoms with Gasteiger partial charge in [-0.25, -0.2) is 0 Å². The first-order valence-corrected chi connectivity index (χ1v) is 6.04. The maximum Gasteiger partial charge on any atom is 0.310 e. The zero-order valence-electron chi connectivity index (χ0n) is 9.87. The van der Waals surface area contributed by atoms with Crippen LogP contribution in [0.4, 0.5) is 0 Å². The monoisotopic (exact) mass is 227 g/mol. The van der Waals surface area contributed by atoms with E-state index in [-0.39, 0.29) is 12.3 Å². The van der Waals surface area contributed by atoms with E-state index in [0.717, 1.165) is 25.7 Å². The predicted octanol–water partition coefficient (Wildman–Crippen LogP) is 1.92. The summed E-state index contributed by atoms with van der Waals surface area (Å²) in [6, 6.07) is 0. The van der Waals surface area contributed by atoms with Crippen molar-refractivity contribution in [3.05, 3.63) is 0 Å². The zero-order valence-corrected chi connectivity index (χ0v) is 9.87. The average molecular weight is 227 g/mol. The van der Waals surface area contributed by atoms with Crippen molar-refractivity contribution in [3.8, 4) is 0 Å². The normalized spacial score (nSPS) is 21.3. The van der Waals surface area contributed by atoms with Crippen LogP contribution in [0.1, 0.15) is 51.9 Å². The molecule has 0 spiro atoms. The topological polar surface area (TPSA) is 80.4 Å². The number of carboxylic acids is 1. The largest absolute Gasteiger partial charge is 0.481 e. The van der Waals surface area contributed by atoms with Crippen LogP contribution in [0, 0.1) is 11.3 Å². The molecule has 0 saturated heterocycles. The Balaban J connectivity index is 2.90. The highest BCUT2D eigenvalue weighted by atomic mass is 16.4. The second-order valence-electron chi connectivity index (χ2n) is 4.79. The lowest BCUT2D eigenvalue weighted by Crippen LogP contribution is -2.42. The molecule has 0 aromatic carbocycles. The van der Waals surface area contributed by atoms with Crippen LogP contribution in [0.3, 0.4) is 0 Å². The van der Waals surface area contributed by atoms with Crippen LogP contribution < -0.4 is 5.73 Å². The van der Waals surface area contributed by atoms with Gasteiger partial charge in [0.15, 0.2) is 0 Å². The number of rotatable bonds is 5. The van der Waals surface area contributed by atoms with Crippen molar-refractivity contribution < 1.29 is 14.7 Å². The van der Waals surface area contributed by atoms with Gasteiger partial charge in [0, 0.05) is 6.42 Å². The van der Waals surface area contributed by atoms with Crippen molar-refractivity contribution in [1.29, 1.82) is 0 Å². The summed E-state index contributed by atoms with van der Waals surface area (Å²) in [5.74, 6) is -1.26. The van der Waals surface area contributed by atoms with E-state index in [4.69, 9.17) is 5.73 Å². The number of hydrogen-bond donors (Lipinski definition) is 2. The van der Waals surface area contributed by atoms with E-state index < -0.39 is 17.3 Å². The summed E-state index contributed by atoms with van der Waals surface area (Å²) in [6.07, 6.45) is 5.59. The van der Waals surface area contributed by atoms with E-state index in [1.807, 2.05) is 6.92 Å². The van der Waals surface area contributed by atoms with E-state index in [9.17, 15) is 14.7 Å². The molecule has 1 saturated carbocycles. The van der Waals surface area contributed by atoms with Crippen LogP contribution in [0.15, 0.2) is 0 Å². The number of carbonyl (C=O) groups is 2. The molecule has 4 heteroatoms. The maximum absolute atomic E-state index is 11.5. The van der Waals surface area contributed by atoms with Crippen molar-refractivity contribution in [1.82, 2.24) is 0 Å². The van der Waals surface area contributed by atoms with Gasteiger partial charge in [-0.15, -0.1) is 0 Å². The van der Waals surface area contributed by atoms with E-state index in [1.165, 1.54) is 6.42 Å². The second-order valence-corrected chi connectivity index (χ2v) is 4.79. The molecule has 1 amide bonds. The van der Waals surface area contributed by atoms with Gasteiger partial charge in [-0.3, -0.25) is 9.59 Å². The Kier molecular flexibility index (Phi) is 4.33. The molecule has 16 heavy (non-hydrogen) atoms. The molecule has 0 aromatic rings. The standard InChI is InChI=1S/C12H21NO3/c1-2-12(11(15)16,8-10(13)14)9-6-4-3-5-7-9/h9H,2-8H2,1H3,(H2,13,14)(H,15,16). The Morgan fingerprint density at radius 3 is 2.25 bits per heavy atom. The minimum absolute atomic E-state index is 0.0243. The van der Waals surface area contributed by atoms with Gasteiger partial charge in [0.25, 0.3) is 0 Å². The molecule has 1 fully saturated rings. The highest BCUT2D eigenvalue weighted by Gasteiger charge is 2.45.